The molecule has 0 aliphatic heterocycles. The van der Waals surface area contributed by atoms with Gasteiger partial charge in [-0.2, -0.15) is 0 Å². The molecule has 0 amide bonds. The van der Waals surface area contributed by atoms with Gasteiger partial charge in [0.2, 0.25) is 5.89 Å². The van der Waals surface area contributed by atoms with Crippen molar-refractivity contribution in [2.75, 3.05) is 0 Å². The van der Waals surface area contributed by atoms with Crippen LogP contribution < -0.4 is 5.73 Å². The Labute approximate surface area is 117 Å². The highest BCUT2D eigenvalue weighted by molar-refractivity contribution is 7.15. The number of aryl methyl sites for hydroxylation is 2. The van der Waals surface area contributed by atoms with Crippen molar-refractivity contribution in [3.8, 4) is 10.8 Å². The van der Waals surface area contributed by atoms with Crippen LogP contribution >= 0.6 is 11.3 Å². The number of hydrogen-bond donors (Lipinski definition) is 1. The number of fused-ring (bicyclic) bond motifs is 1. The van der Waals surface area contributed by atoms with E-state index in [2.05, 4.69) is 16.3 Å². The van der Waals surface area contributed by atoms with Crippen molar-refractivity contribution in [2.45, 2.75) is 51.5 Å². The summed E-state index contributed by atoms with van der Waals surface area (Å²) in [4.78, 5) is 2.58. The van der Waals surface area contributed by atoms with Crippen molar-refractivity contribution >= 4 is 11.3 Å². The Morgan fingerprint density at radius 2 is 2.16 bits per heavy atom. The second-order valence-corrected chi connectivity index (χ2v) is 6.22. The summed E-state index contributed by atoms with van der Waals surface area (Å²) in [6.45, 7) is 2.02. The lowest BCUT2D eigenvalue weighted by Gasteiger charge is -1.99. The van der Waals surface area contributed by atoms with Crippen LogP contribution in [0.1, 0.15) is 55.0 Å². The summed E-state index contributed by atoms with van der Waals surface area (Å²) in [5, 5.41) is 8.19. The van der Waals surface area contributed by atoms with Crippen molar-refractivity contribution in [1.82, 2.24) is 10.2 Å². The highest BCUT2D eigenvalue weighted by Crippen LogP contribution is 2.34. The first kappa shape index (κ1) is 12.8. The monoisotopic (exact) mass is 277 g/mol. The van der Waals surface area contributed by atoms with E-state index in [1.54, 1.807) is 11.3 Å². The zero-order chi connectivity index (χ0) is 13.2. The lowest BCUT2D eigenvalue weighted by atomic mass is 10.1. The predicted octanol–water partition coefficient (Wildman–Crippen LogP) is 3.48. The minimum atomic E-state index is -0.154. The maximum absolute atomic E-state index is 5.91. The van der Waals surface area contributed by atoms with Crippen LogP contribution in [0.15, 0.2) is 10.5 Å². The average molecular weight is 277 g/mol. The predicted molar refractivity (Wildman–Crippen MR) is 76.1 cm³/mol. The van der Waals surface area contributed by atoms with Gasteiger partial charge in [0.05, 0.1) is 10.9 Å². The average Bonchev–Trinajstić information content (AvgIpc) is 3.01. The Hall–Kier alpha value is -1.20. The Balaban J connectivity index is 1.88. The van der Waals surface area contributed by atoms with Crippen molar-refractivity contribution in [3.63, 3.8) is 0 Å². The van der Waals surface area contributed by atoms with Crippen LogP contribution in [0.3, 0.4) is 0 Å². The van der Waals surface area contributed by atoms with E-state index < -0.39 is 0 Å². The quantitative estimate of drug-likeness (QED) is 0.872. The Kier molecular flexibility index (Phi) is 3.66. The summed E-state index contributed by atoms with van der Waals surface area (Å²) < 4.78 is 5.69. The van der Waals surface area contributed by atoms with Crippen LogP contribution in [-0.2, 0) is 12.8 Å². The van der Waals surface area contributed by atoms with Crippen molar-refractivity contribution in [1.29, 1.82) is 0 Å². The second kappa shape index (κ2) is 5.43. The van der Waals surface area contributed by atoms with E-state index in [1.807, 2.05) is 6.92 Å². The molecule has 3 rings (SSSR count). The maximum Gasteiger partial charge on any atom is 0.257 e. The standard InChI is InChI=1S/C14H19N3OS/c1-2-10(15)13-16-17-14(18-13)12-8-9-6-4-3-5-7-11(9)19-12/h8,10H,2-7,15H2,1H3. The van der Waals surface area contributed by atoms with Gasteiger partial charge in [0, 0.05) is 4.88 Å². The van der Waals surface area contributed by atoms with Gasteiger partial charge in [-0.3, -0.25) is 0 Å². The fraction of sp³-hybridized carbons (Fsp3) is 0.571. The Bertz CT molecular complexity index is 537. The molecule has 1 unspecified atom stereocenters. The van der Waals surface area contributed by atoms with Crippen molar-refractivity contribution < 1.29 is 4.42 Å². The van der Waals surface area contributed by atoms with Gasteiger partial charge in [-0.05, 0) is 43.7 Å². The molecule has 4 nitrogen and oxygen atoms in total. The second-order valence-electron chi connectivity index (χ2n) is 5.08. The van der Waals surface area contributed by atoms with Gasteiger partial charge in [0.1, 0.15) is 0 Å². The van der Waals surface area contributed by atoms with Crippen molar-refractivity contribution in [3.05, 3.63) is 22.4 Å². The van der Waals surface area contributed by atoms with Gasteiger partial charge < -0.3 is 10.2 Å². The van der Waals surface area contributed by atoms with Crippen LogP contribution in [0.4, 0.5) is 0 Å². The van der Waals surface area contributed by atoms with Crippen molar-refractivity contribution in [2.24, 2.45) is 5.73 Å². The highest BCUT2D eigenvalue weighted by atomic mass is 32.1. The molecule has 1 atom stereocenters. The molecule has 0 saturated heterocycles. The third-order valence-electron chi connectivity index (χ3n) is 3.66. The topological polar surface area (TPSA) is 64.9 Å². The molecule has 19 heavy (non-hydrogen) atoms. The Morgan fingerprint density at radius 3 is 3.00 bits per heavy atom. The molecule has 0 fully saturated rings. The largest absolute Gasteiger partial charge is 0.418 e. The summed E-state index contributed by atoms with van der Waals surface area (Å²) >= 11 is 1.80. The first-order valence-electron chi connectivity index (χ1n) is 6.99. The molecule has 5 heteroatoms. The van der Waals surface area contributed by atoms with Crippen LogP contribution in [0, 0.1) is 0 Å². The minimum Gasteiger partial charge on any atom is -0.418 e. The lowest BCUT2D eigenvalue weighted by molar-refractivity contribution is 0.453. The Morgan fingerprint density at radius 1 is 1.32 bits per heavy atom. The molecule has 102 valence electrons. The van der Waals surface area contributed by atoms with E-state index >= 15 is 0 Å². The van der Waals surface area contributed by atoms with Gasteiger partial charge >= 0.3 is 0 Å². The normalized spacial score (nSPS) is 16.9. The number of nitrogens with two attached hydrogens (primary N) is 1. The summed E-state index contributed by atoms with van der Waals surface area (Å²) in [7, 11) is 0. The van der Waals surface area contributed by atoms with E-state index in [0.29, 0.717) is 11.8 Å². The molecule has 0 radical (unpaired) electrons. The third-order valence-corrected chi connectivity index (χ3v) is 4.88. The van der Waals surface area contributed by atoms with Gasteiger partial charge in [-0.25, -0.2) is 0 Å². The first-order valence-corrected chi connectivity index (χ1v) is 7.80. The molecule has 2 heterocycles. The summed E-state index contributed by atoms with van der Waals surface area (Å²) in [5.41, 5.74) is 7.38. The van der Waals surface area contributed by atoms with Crippen LogP contribution in [-0.4, -0.2) is 10.2 Å². The van der Waals surface area contributed by atoms with Gasteiger partial charge in [0.25, 0.3) is 5.89 Å². The minimum absolute atomic E-state index is 0.154. The molecule has 2 N–H and O–H groups in total. The zero-order valence-electron chi connectivity index (χ0n) is 11.2. The summed E-state index contributed by atoms with van der Waals surface area (Å²) in [6.07, 6.45) is 7.11. The van der Waals surface area contributed by atoms with Gasteiger partial charge in [0.15, 0.2) is 0 Å². The zero-order valence-corrected chi connectivity index (χ0v) is 12.0. The molecule has 0 aromatic carbocycles. The van der Waals surface area contributed by atoms with E-state index in [1.165, 1.54) is 42.5 Å². The molecule has 2 aromatic rings. The number of rotatable bonds is 3. The van der Waals surface area contributed by atoms with Crippen LogP contribution in [0.5, 0.6) is 0 Å². The van der Waals surface area contributed by atoms with Crippen LogP contribution in [0.2, 0.25) is 0 Å². The molecular formula is C14H19N3OS. The fourth-order valence-electron chi connectivity index (χ4n) is 2.43. The maximum atomic E-state index is 5.91. The highest BCUT2D eigenvalue weighted by Gasteiger charge is 2.18. The van der Waals surface area contributed by atoms with E-state index in [0.717, 1.165) is 11.3 Å². The number of nitrogens with zero attached hydrogens (tertiary/aromatic N) is 2. The smallest absolute Gasteiger partial charge is 0.257 e. The van der Waals surface area contributed by atoms with Gasteiger partial charge in [-0.1, -0.05) is 13.3 Å². The summed E-state index contributed by atoms with van der Waals surface area (Å²) in [5.74, 6) is 1.16. The van der Waals surface area contributed by atoms with E-state index in [9.17, 15) is 0 Å². The molecular weight excluding hydrogens is 258 g/mol. The number of thiophene rings is 1. The van der Waals surface area contributed by atoms with E-state index in [-0.39, 0.29) is 6.04 Å². The summed E-state index contributed by atoms with van der Waals surface area (Å²) in [6, 6.07) is 2.07. The number of hydrogen-bond acceptors (Lipinski definition) is 5. The van der Waals surface area contributed by atoms with Gasteiger partial charge in [-0.15, -0.1) is 21.5 Å². The third kappa shape index (κ3) is 2.58. The fourth-order valence-corrected chi connectivity index (χ4v) is 3.61. The first-order chi connectivity index (χ1) is 9.28. The number of aromatic nitrogens is 2. The molecule has 0 bridgehead atoms. The SMILES string of the molecule is CCC(N)c1nnc(-c2cc3c(s2)CCCCC3)o1. The molecule has 0 spiro atoms. The lowest BCUT2D eigenvalue weighted by Crippen LogP contribution is -2.08. The molecule has 1 aliphatic carbocycles. The molecule has 2 aromatic heterocycles. The van der Waals surface area contributed by atoms with Crippen LogP contribution in [0.25, 0.3) is 10.8 Å². The molecule has 1 aliphatic rings. The van der Waals surface area contributed by atoms with E-state index in [4.69, 9.17) is 10.2 Å². The molecule has 0 saturated carbocycles.